The van der Waals surface area contributed by atoms with Gasteiger partial charge in [-0.2, -0.15) is 0 Å². The molecule has 7 aliphatic rings. The highest BCUT2D eigenvalue weighted by atomic mass is 19.3. The van der Waals surface area contributed by atoms with Crippen LogP contribution in [-0.2, 0) is 19.2 Å². The third kappa shape index (κ3) is 10.9. The summed E-state index contributed by atoms with van der Waals surface area (Å²) in [4.78, 5) is 60.4. The zero-order chi connectivity index (χ0) is 53.4. The minimum absolute atomic E-state index is 0.0372. The van der Waals surface area contributed by atoms with Crippen molar-refractivity contribution in [2.75, 3.05) is 52.4 Å². The first-order valence-electron chi connectivity index (χ1n) is 23.1. The van der Waals surface area contributed by atoms with Crippen LogP contribution in [0.5, 0.6) is 46.0 Å². The molecule has 7 heterocycles. The average Bonchev–Trinajstić information content (AvgIpc) is 4.10. The fourth-order valence-corrected chi connectivity index (χ4v) is 9.22. The molecule has 75 heavy (non-hydrogen) atoms. The van der Waals surface area contributed by atoms with E-state index in [4.69, 9.17) is 9.57 Å². The van der Waals surface area contributed by atoms with E-state index in [1.54, 1.807) is 49.9 Å². The van der Waals surface area contributed by atoms with Crippen molar-refractivity contribution in [1.82, 2.24) is 24.7 Å². The second-order valence-corrected chi connectivity index (χ2v) is 18.8. The number of hydroxylamine groups is 2. The zero-order valence-electron chi connectivity index (χ0n) is 39.6. The van der Waals surface area contributed by atoms with Crippen molar-refractivity contribution in [2.24, 2.45) is 0 Å². The maximum absolute atomic E-state index is 13.6. The number of benzene rings is 4. The Morgan fingerprint density at radius 3 is 1.03 bits per heavy atom. The molecule has 19 nitrogen and oxygen atoms in total. The van der Waals surface area contributed by atoms with Crippen molar-refractivity contribution >= 4 is 24.0 Å². The Bertz CT molecular complexity index is 2780. The van der Waals surface area contributed by atoms with Crippen LogP contribution in [0.15, 0.2) is 72.8 Å². The van der Waals surface area contributed by atoms with Crippen LogP contribution in [0.3, 0.4) is 0 Å². The summed E-state index contributed by atoms with van der Waals surface area (Å²) in [5.74, 6) is -2.41. The summed E-state index contributed by atoms with van der Waals surface area (Å²) in [6.07, 6.45) is -16.6. The van der Waals surface area contributed by atoms with Gasteiger partial charge in [-0.3, -0.25) is 19.4 Å². The molecule has 400 valence electrons. The number of piperazine rings is 2. The maximum atomic E-state index is 13.6. The molecule has 0 N–H and O–H groups in total. The number of imide groups is 1. The van der Waals surface area contributed by atoms with Crippen LogP contribution in [0.25, 0.3) is 0 Å². The van der Waals surface area contributed by atoms with Crippen LogP contribution in [0.1, 0.15) is 68.0 Å². The van der Waals surface area contributed by atoms with E-state index >= 15 is 0 Å². The van der Waals surface area contributed by atoms with Gasteiger partial charge >= 0.3 is 37.4 Å². The number of carbonyl (C=O) groups excluding carboxylic acids is 4. The molecule has 0 bridgehead atoms. The van der Waals surface area contributed by atoms with E-state index in [9.17, 15) is 54.3 Å². The maximum Gasteiger partial charge on any atom is 0.586 e. The van der Waals surface area contributed by atoms with Gasteiger partial charge in [-0.1, -0.05) is 24.3 Å². The zero-order valence-corrected chi connectivity index (χ0v) is 39.6. The first kappa shape index (κ1) is 50.8. The quantitative estimate of drug-likeness (QED) is 0.128. The summed E-state index contributed by atoms with van der Waals surface area (Å²) in [5.41, 5.74) is 1.44. The number of carbonyl (C=O) groups is 4. The Balaban J connectivity index is 0.000000172. The number of halogens is 8. The van der Waals surface area contributed by atoms with Crippen molar-refractivity contribution in [3.63, 3.8) is 0 Å². The summed E-state index contributed by atoms with van der Waals surface area (Å²) < 4.78 is 151. The normalized spacial score (nSPS) is 20.6. The molecule has 4 aromatic carbocycles. The van der Waals surface area contributed by atoms with Crippen LogP contribution in [-0.4, -0.2) is 132 Å². The fourth-order valence-electron chi connectivity index (χ4n) is 9.22. The Morgan fingerprint density at radius 1 is 0.453 bits per heavy atom. The highest BCUT2D eigenvalue weighted by molar-refractivity contribution is 6.01. The molecular formula is C48H43F8N5O14. The van der Waals surface area contributed by atoms with Crippen molar-refractivity contribution < 1.29 is 102 Å². The lowest BCUT2D eigenvalue weighted by molar-refractivity contribution is -0.287. The summed E-state index contributed by atoms with van der Waals surface area (Å²) >= 11 is 0. The van der Waals surface area contributed by atoms with Crippen molar-refractivity contribution in [3.8, 4) is 46.0 Å². The van der Waals surface area contributed by atoms with Gasteiger partial charge in [0, 0.05) is 65.2 Å². The van der Waals surface area contributed by atoms with E-state index in [1.807, 2.05) is 9.80 Å². The van der Waals surface area contributed by atoms with Crippen LogP contribution < -0.4 is 37.9 Å². The number of fused-ring (bicyclic) bond motifs is 4. The van der Waals surface area contributed by atoms with Crippen LogP contribution in [0.4, 0.5) is 44.7 Å². The molecule has 4 aromatic rings. The van der Waals surface area contributed by atoms with Gasteiger partial charge in [0.15, 0.2) is 46.0 Å². The molecule has 0 spiro atoms. The second kappa shape index (κ2) is 18.6. The monoisotopic (exact) mass is 1070 g/mol. The van der Waals surface area contributed by atoms with Crippen molar-refractivity contribution in [3.05, 3.63) is 95.1 Å². The first-order valence-corrected chi connectivity index (χ1v) is 23.1. The van der Waals surface area contributed by atoms with E-state index in [-0.39, 0.29) is 85.0 Å². The molecule has 0 saturated carbocycles. The van der Waals surface area contributed by atoms with Gasteiger partial charge in [0.25, 0.3) is 11.8 Å². The standard InChI is InChI=1S/C24H19F4N3O8.C24H24F4N2O6/c25-23(26)35-15-3-1-13(11-17(15)37-23)21(14-2-4-16-18(12-14)38-24(27,28)36-16)29-7-9-30(10-8-29)22(34)39-31-19(32)5-6-20(31)33;1-22(2,3)36-21(31)30-10-8-29(9-11-30)20(14-4-6-16-18(12-14)34-23(25,26)32-16)15-5-7-17-19(13-15)35-24(27,28)33-17/h1-4,11-12,21H,5-10H2;4-7,12-13,20H,8-11H2,1-3H3. The minimum atomic E-state index is -3.83. The molecule has 11 rings (SSSR count). The number of hydrogen-bond donors (Lipinski definition) is 0. The first-order chi connectivity index (χ1) is 35.3. The fraction of sp³-hybridized carbons (Fsp3) is 0.417. The van der Waals surface area contributed by atoms with Crippen LogP contribution in [0, 0.1) is 0 Å². The lowest BCUT2D eigenvalue weighted by Gasteiger charge is -2.40. The Labute approximate surface area is 419 Å². The number of amides is 4. The Hall–Kier alpha value is -7.68. The van der Waals surface area contributed by atoms with E-state index in [2.05, 4.69) is 37.9 Å². The molecular weight excluding hydrogens is 1020 g/mol. The number of alkyl halides is 8. The Kier molecular flexibility index (Phi) is 12.6. The Morgan fingerprint density at radius 2 is 0.733 bits per heavy atom. The molecule has 0 aromatic heterocycles. The molecule has 4 amide bonds. The summed E-state index contributed by atoms with van der Waals surface area (Å²) in [5, 5.41) is 0.461. The predicted octanol–water partition coefficient (Wildman–Crippen LogP) is 8.21. The molecule has 3 fully saturated rings. The van der Waals surface area contributed by atoms with Crippen LogP contribution >= 0.6 is 0 Å². The summed E-state index contributed by atoms with van der Waals surface area (Å²) in [6.45, 7) is 7.55. The van der Waals surface area contributed by atoms with E-state index in [0.29, 0.717) is 53.5 Å². The van der Waals surface area contributed by atoms with Crippen molar-refractivity contribution in [2.45, 2.75) is 76.5 Å². The molecule has 0 atom stereocenters. The largest absolute Gasteiger partial charge is 0.586 e. The molecule has 27 heteroatoms. The topological polar surface area (TPSA) is 177 Å². The van der Waals surface area contributed by atoms with Gasteiger partial charge in [0.05, 0.1) is 12.1 Å². The predicted molar refractivity (Wildman–Crippen MR) is 234 cm³/mol. The number of hydrogen-bond acceptors (Lipinski definition) is 16. The van der Waals surface area contributed by atoms with Gasteiger partial charge in [-0.15, -0.1) is 40.2 Å². The van der Waals surface area contributed by atoms with E-state index < -0.39 is 66.9 Å². The summed E-state index contributed by atoms with van der Waals surface area (Å²) in [7, 11) is 0. The third-order valence-electron chi connectivity index (χ3n) is 12.4. The molecule has 0 radical (unpaired) electrons. The van der Waals surface area contributed by atoms with Crippen molar-refractivity contribution in [1.29, 1.82) is 0 Å². The number of nitrogens with zero attached hydrogens (tertiary/aromatic N) is 5. The summed E-state index contributed by atoms with van der Waals surface area (Å²) in [6, 6.07) is 16.0. The molecule has 0 unspecified atom stereocenters. The third-order valence-corrected chi connectivity index (χ3v) is 12.4. The van der Waals surface area contributed by atoms with Gasteiger partial charge in [0.1, 0.15) is 5.60 Å². The van der Waals surface area contributed by atoms with Gasteiger partial charge in [0.2, 0.25) is 0 Å². The van der Waals surface area contributed by atoms with Gasteiger partial charge in [-0.05, 0) is 91.6 Å². The SMILES string of the molecule is CC(C)(C)OC(=O)N1CCN(C(c2ccc3c(c2)OC(F)(F)O3)c2ccc3c(c2)OC(F)(F)O3)CC1.O=C(ON1C(=O)CCC1=O)N1CCN(C(c2ccc3c(c2)OC(F)(F)O3)c2ccc3c(c2)OC(F)(F)O3)CC1. The van der Waals surface area contributed by atoms with E-state index in [0.717, 1.165) is 0 Å². The smallest absolute Gasteiger partial charge is 0.444 e. The van der Waals surface area contributed by atoms with Gasteiger partial charge < -0.3 is 57.3 Å². The average molecular weight is 1070 g/mol. The van der Waals surface area contributed by atoms with Gasteiger partial charge in [-0.25, -0.2) is 9.59 Å². The number of ether oxygens (including phenoxy) is 9. The lowest BCUT2D eigenvalue weighted by Crippen LogP contribution is -2.51. The molecule has 7 aliphatic heterocycles. The second-order valence-electron chi connectivity index (χ2n) is 18.8. The molecule has 0 aliphatic carbocycles. The van der Waals surface area contributed by atoms with E-state index in [1.165, 1.54) is 53.4 Å². The molecule has 3 saturated heterocycles. The minimum Gasteiger partial charge on any atom is -0.444 e. The number of rotatable bonds is 7. The highest BCUT2D eigenvalue weighted by Gasteiger charge is 2.48. The lowest BCUT2D eigenvalue weighted by atomic mass is 9.95. The van der Waals surface area contributed by atoms with Crippen LogP contribution in [0.2, 0.25) is 0 Å². The highest BCUT2D eigenvalue weighted by Crippen LogP contribution is 2.49.